The van der Waals surface area contributed by atoms with Gasteiger partial charge in [0.05, 0.1) is 4.88 Å². The van der Waals surface area contributed by atoms with Crippen molar-refractivity contribution in [2.75, 3.05) is 13.2 Å². The zero-order valence-corrected chi connectivity index (χ0v) is 11.6. The highest BCUT2D eigenvalue weighted by molar-refractivity contribution is 7.14. The van der Waals surface area contributed by atoms with E-state index in [0.717, 1.165) is 11.3 Å². The average molecular weight is 283 g/mol. The smallest absolute Gasteiger partial charge is 0.329 e. The number of carbonyl (C=O) groups is 2. The molecule has 2 heterocycles. The Balaban J connectivity index is 2.12. The number of carbonyl (C=O) groups excluding carboxylic acids is 1. The van der Waals surface area contributed by atoms with E-state index in [1.165, 1.54) is 11.3 Å². The van der Waals surface area contributed by atoms with Crippen LogP contribution in [0.1, 0.15) is 34.3 Å². The number of amides is 1. The van der Waals surface area contributed by atoms with Crippen LogP contribution in [-0.2, 0) is 16.0 Å². The quantitative estimate of drug-likeness (QED) is 0.881. The van der Waals surface area contributed by atoms with Crippen LogP contribution >= 0.6 is 11.3 Å². The third kappa shape index (κ3) is 2.96. The van der Waals surface area contributed by atoms with Crippen molar-refractivity contribution in [1.29, 1.82) is 0 Å². The van der Waals surface area contributed by atoms with Crippen molar-refractivity contribution in [1.82, 2.24) is 5.32 Å². The number of aliphatic carboxylic acids is 1. The third-order valence-corrected chi connectivity index (χ3v) is 4.57. The van der Waals surface area contributed by atoms with Crippen molar-refractivity contribution in [2.24, 2.45) is 0 Å². The van der Waals surface area contributed by atoms with E-state index in [9.17, 15) is 14.7 Å². The fourth-order valence-electron chi connectivity index (χ4n) is 2.08. The van der Waals surface area contributed by atoms with Gasteiger partial charge in [0.15, 0.2) is 0 Å². The molecule has 0 aliphatic carbocycles. The summed E-state index contributed by atoms with van der Waals surface area (Å²) in [6, 6.07) is 3.64. The van der Waals surface area contributed by atoms with Crippen molar-refractivity contribution in [3.05, 3.63) is 21.9 Å². The highest BCUT2D eigenvalue weighted by Crippen LogP contribution is 2.23. The third-order valence-electron chi connectivity index (χ3n) is 3.34. The van der Waals surface area contributed by atoms with Crippen LogP contribution < -0.4 is 5.32 Å². The first kappa shape index (κ1) is 14.0. The van der Waals surface area contributed by atoms with E-state index in [0.29, 0.717) is 30.9 Å². The summed E-state index contributed by atoms with van der Waals surface area (Å²) < 4.78 is 5.17. The molecule has 1 aliphatic heterocycles. The minimum atomic E-state index is -1.19. The molecule has 1 saturated heterocycles. The predicted octanol–water partition coefficient (Wildman–Crippen LogP) is 1.67. The number of carboxylic acid groups (broad SMARTS) is 1. The van der Waals surface area contributed by atoms with Gasteiger partial charge >= 0.3 is 5.97 Å². The highest BCUT2D eigenvalue weighted by atomic mass is 32.1. The summed E-state index contributed by atoms with van der Waals surface area (Å²) in [6.45, 7) is 2.74. The molecule has 104 valence electrons. The van der Waals surface area contributed by atoms with Gasteiger partial charge in [-0.2, -0.15) is 0 Å². The van der Waals surface area contributed by atoms with Crippen molar-refractivity contribution < 1.29 is 19.4 Å². The van der Waals surface area contributed by atoms with Crippen molar-refractivity contribution in [3.63, 3.8) is 0 Å². The van der Waals surface area contributed by atoms with E-state index in [4.69, 9.17) is 4.74 Å². The van der Waals surface area contributed by atoms with Gasteiger partial charge in [-0.05, 0) is 18.6 Å². The Morgan fingerprint density at radius 3 is 2.63 bits per heavy atom. The minimum absolute atomic E-state index is 0.306. The molecule has 2 rings (SSSR count). The SMILES string of the molecule is CCc1ccc(C(=O)NC2(C(=O)O)CCOCC2)s1. The first-order chi connectivity index (χ1) is 9.07. The molecule has 19 heavy (non-hydrogen) atoms. The summed E-state index contributed by atoms with van der Waals surface area (Å²) in [5.74, 6) is -1.30. The lowest BCUT2D eigenvalue weighted by molar-refractivity contribution is -0.148. The molecule has 0 spiro atoms. The van der Waals surface area contributed by atoms with Crippen LogP contribution in [0.5, 0.6) is 0 Å². The summed E-state index contributed by atoms with van der Waals surface area (Å²) in [5.41, 5.74) is -1.19. The Morgan fingerprint density at radius 1 is 1.42 bits per heavy atom. The van der Waals surface area contributed by atoms with E-state index in [1.807, 2.05) is 13.0 Å². The minimum Gasteiger partial charge on any atom is -0.480 e. The molecule has 0 atom stereocenters. The molecule has 1 amide bonds. The van der Waals surface area contributed by atoms with Gasteiger partial charge in [0, 0.05) is 30.9 Å². The number of hydrogen-bond acceptors (Lipinski definition) is 4. The molecule has 0 aromatic carbocycles. The molecule has 5 nitrogen and oxygen atoms in total. The summed E-state index contributed by atoms with van der Waals surface area (Å²) in [6.07, 6.45) is 1.48. The van der Waals surface area contributed by atoms with Crippen molar-refractivity contribution in [3.8, 4) is 0 Å². The largest absolute Gasteiger partial charge is 0.480 e. The molecule has 6 heteroatoms. The maximum atomic E-state index is 12.1. The topological polar surface area (TPSA) is 75.6 Å². The Hall–Kier alpha value is -1.40. The van der Waals surface area contributed by atoms with Crippen LogP contribution in [0.25, 0.3) is 0 Å². The number of rotatable bonds is 4. The number of ether oxygens (including phenoxy) is 1. The van der Waals surface area contributed by atoms with Crippen LogP contribution in [0.4, 0.5) is 0 Å². The molecule has 1 aliphatic rings. The zero-order valence-electron chi connectivity index (χ0n) is 10.8. The second-order valence-corrected chi connectivity index (χ2v) is 5.74. The van der Waals surface area contributed by atoms with E-state index in [2.05, 4.69) is 5.32 Å². The summed E-state index contributed by atoms with van der Waals surface area (Å²) in [4.78, 5) is 25.3. The Bertz CT molecular complexity index is 477. The lowest BCUT2D eigenvalue weighted by Gasteiger charge is -2.33. The molecule has 0 bridgehead atoms. The van der Waals surface area contributed by atoms with Crippen LogP contribution in [0.2, 0.25) is 0 Å². The van der Waals surface area contributed by atoms with Gasteiger partial charge in [-0.3, -0.25) is 4.79 Å². The zero-order chi connectivity index (χ0) is 13.9. The van der Waals surface area contributed by atoms with Crippen molar-refractivity contribution in [2.45, 2.75) is 31.7 Å². The molecular weight excluding hydrogens is 266 g/mol. The number of aryl methyl sites for hydroxylation is 1. The molecule has 1 aromatic rings. The van der Waals surface area contributed by atoms with Crippen LogP contribution in [0.3, 0.4) is 0 Å². The monoisotopic (exact) mass is 283 g/mol. The molecule has 0 radical (unpaired) electrons. The van der Waals surface area contributed by atoms with Crippen molar-refractivity contribution >= 4 is 23.2 Å². The lowest BCUT2D eigenvalue weighted by atomic mass is 9.90. The van der Waals surface area contributed by atoms with Gasteiger partial charge in [0.2, 0.25) is 0 Å². The Kier molecular flexibility index (Phi) is 4.21. The maximum absolute atomic E-state index is 12.1. The number of thiophene rings is 1. The van der Waals surface area contributed by atoms with Gasteiger partial charge in [-0.25, -0.2) is 4.79 Å². The Morgan fingerprint density at radius 2 is 2.11 bits per heavy atom. The van der Waals surface area contributed by atoms with Gasteiger partial charge < -0.3 is 15.2 Å². The molecule has 1 fully saturated rings. The maximum Gasteiger partial charge on any atom is 0.329 e. The molecular formula is C13H17NO4S. The fourth-order valence-corrected chi connectivity index (χ4v) is 2.92. The van der Waals surface area contributed by atoms with E-state index in [-0.39, 0.29) is 5.91 Å². The van der Waals surface area contributed by atoms with Gasteiger partial charge in [0.1, 0.15) is 5.54 Å². The number of carboxylic acids is 1. The van der Waals surface area contributed by atoms with Gasteiger partial charge in [-0.15, -0.1) is 11.3 Å². The van der Waals surface area contributed by atoms with E-state index in [1.54, 1.807) is 6.07 Å². The molecule has 2 N–H and O–H groups in total. The summed E-state index contributed by atoms with van der Waals surface area (Å²) in [7, 11) is 0. The number of nitrogens with one attached hydrogen (secondary N) is 1. The fraction of sp³-hybridized carbons (Fsp3) is 0.538. The summed E-state index contributed by atoms with van der Waals surface area (Å²) in [5, 5.41) is 12.0. The Labute approximate surface area is 115 Å². The van der Waals surface area contributed by atoms with Gasteiger partial charge in [-0.1, -0.05) is 6.92 Å². The average Bonchev–Trinajstić information content (AvgIpc) is 2.88. The lowest BCUT2D eigenvalue weighted by Crippen LogP contribution is -2.57. The molecule has 1 aromatic heterocycles. The van der Waals surface area contributed by atoms with Gasteiger partial charge in [0.25, 0.3) is 5.91 Å². The normalized spacial score (nSPS) is 17.9. The van der Waals surface area contributed by atoms with E-state index < -0.39 is 11.5 Å². The standard InChI is InChI=1S/C13H17NO4S/c1-2-9-3-4-10(19-9)11(15)14-13(12(16)17)5-7-18-8-6-13/h3-4H,2,5-8H2,1H3,(H,14,15)(H,16,17). The molecule has 0 saturated carbocycles. The van der Waals surface area contributed by atoms with Crippen LogP contribution in [-0.4, -0.2) is 35.7 Å². The number of hydrogen-bond donors (Lipinski definition) is 2. The molecule has 0 unspecified atom stereocenters. The predicted molar refractivity (Wildman–Crippen MR) is 71.6 cm³/mol. The van der Waals surface area contributed by atoms with E-state index >= 15 is 0 Å². The van der Waals surface area contributed by atoms with Crippen LogP contribution in [0, 0.1) is 0 Å². The summed E-state index contributed by atoms with van der Waals surface area (Å²) >= 11 is 1.40. The second-order valence-electron chi connectivity index (χ2n) is 4.57. The highest BCUT2D eigenvalue weighted by Gasteiger charge is 2.41. The van der Waals surface area contributed by atoms with Crippen LogP contribution in [0.15, 0.2) is 12.1 Å². The second kappa shape index (κ2) is 5.71. The first-order valence-corrected chi connectivity index (χ1v) is 7.11. The first-order valence-electron chi connectivity index (χ1n) is 6.30.